The highest BCUT2D eigenvalue weighted by molar-refractivity contribution is 6.32. The van der Waals surface area contributed by atoms with Gasteiger partial charge in [0.05, 0.1) is 5.02 Å². The summed E-state index contributed by atoms with van der Waals surface area (Å²) in [5, 5.41) is 13.4. The van der Waals surface area contributed by atoms with Crippen LogP contribution in [0.1, 0.15) is 25.7 Å². The van der Waals surface area contributed by atoms with Crippen molar-refractivity contribution in [1.82, 2.24) is 4.90 Å². The third-order valence-corrected chi connectivity index (χ3v) is 4.13. The Labute approximate surface area is 136 Å². The summed E-state index contributed by atoms with van der Waals surface area (Å²) in [7, 11) is 3.94. The molecule has 0 aromatic heterocycles. The van der Waals surface area contributed by atoms with E-state index in [0.717, 1.165) is 19.4 Å². The van der Waals surface area contributed by atoms with Gasteiger partial charge in [-0.05, 0) is 58.0 Å². The van der Waals surface area contributed by atoms with Gasteiger partial charge < -0.3 is 20.1 Å². The number of benzene rings is 1. The van der Waals surface area contributed by atoms with Crippen molar-refractivity contribution in [2.75, 3.05) is 32.6 Å². The molecule has 1 aliphatic rings. The fourth-order valence-electron chi connectivity index (χ4n) is 2.47. The van der Waals surface area contributed by atoms with Crippen molar-refractivity contribution in [3.05, 3.63) is 23.2 Å². The zero-order valence-electron chi connectivity index (χ0n) is 13.1. The van der Waals surface area contributed by atoms with E-state index in [2.05, 4.69) is 5.32 Å². The van der Waals surface area contributed by atoms with Crippen molar-refractivity contribution >= 4 is 23.2 Å². The molecule has 0 radical (unpaired) electrons. The van der Waals surface area contributed by atoms with E-state index in [1.54, 1.807) is 18.2 Å². The molecular weight excluding hydrogens is 304 g/mol. The number of carbonyl (C=O) groups excluding carboxylic acids is 1. The SMILES string of the molecule is CN(C)CCOc1ccc(NC(=O)C2(O)CCCC2)cc1Cl. The van der Waals surface area contributed by atoms with Crippen LogP contribution in [0, 0.1) is 0 Å². The molecule has 0 spiro atoms. The molecule has 0 unspecified atom stereocenters. The molecule has 0 aliphatic heterocycles. The topological polar surface area (TPSA) is 61.8 Å². The zero-order chi connectivity index (χ0) is 16.2. The molecule has 0 saturated heterocycles. The van der Waals surface area contributed by atoms with Crippen LogP contribution in [0.25, 0.3) is 0 Å². The lowest BCUT2D eigenvalue weighted by Crippen LogP contribution is -2.40. The van der Waals surface area contributed by atoms with E-state index in [9.17, 15) is 9.90 Å². The van der Waals surface area contributed by atoms with Gasteiger partial charge in [-0.1, -0.05) is 11.6 Å². The number of halogens is 1. The van der Waals surface area contributed by atoms with Gasteiger partial charge in [0.15, 0.2) is 0 Å². The molecule has 1 aromatic carbocycles. The minimum Gasteiger partial charge on any atom is -0.491 e. The van der Waals surface area contributed by atoms with E-state index in [1.165, 1.54) is 0 Å². The molecule has 0 atom stereocenters. The zero-order valence-corrected chi connectivity index (χ0v) is 13.8. The van der Waals surface area contributed by atoms with Crippen LogP contribution in [-0.2, 0) is 4.79 Å². The Morgan fingerprint density at radius 3 is 2.68 bits per heavy atom. The second kappa shape index (κ2) is 7.31. The number of rotatable bonds is 6. The number of amides is 1. The highest BCUT2D eigenvalue weighted by Gasteiger charge is 2.38. The molecule has 122 valence electrons. The normalized spacial score (nSPS) is 16.8. The average molecular weight is 327 g/mol. The molecule has 1 aliphatic carbocycles. The first-order chi connectivity index (χ1) is 10.4. The van der Waals surface area contributed by atoms with Crippen LogP contribution < -0.4 is 10.1 Å². The van der Waals surface area contributed by atoms with Crippen LogP contribution in [0.15, 0.2) is 18.2 Å². The summed E-state index contributed by atoms with van der Waals surface area (Å²) in [6.45, 7) is 1.33. The lowest BCUT2D eigenvalue weighted by Gasteiger charge is -2.21. The third kappa shape index (κ3) is 4.35. The number of aliphatic hydroxyl groups is 1. The van der Waals surface area contributed by atoms with E-state index in [0.29, 0.717) is 35.9 Å². The summed E-state index contributed by atoms with van der Waals surface area (Å²) < 4.78 is 5.59. The van der Waals surface area contributed by atoms with E-state index in [1.807, 2.05) is 19.0 Å². The van der Waals surface area contributed by atoms with Crippen molar-refractivity contribution in [2.45, 2.75) is 31.3 Å². The van der Waals surface area contributed by atoms with Crippen LogP contribution in [0.3, 0.4) is 0 Å². The Hall–Kier alpha value is -1.30. The Kier molecular flexibility index (Phi) is 5.67. The molecule has 1 aromatic rings. The molecule has 2 N–H and O–H groups in total. The number of carbonyl (C=O) groups is 1. The number of nitrogens with zero attached hydrogens (tertiary/aromatic N) is 1. The molecular formula is C16H23ClN2O3. The smallest absolute Gasteiger partial charge is 0.256 e. The van der Waals surface area contributed by atoms with Crippen molar-refractivity contribution in [3.63, 3.8) is 0 Å². The quantitative estimate of drug-likeness (QED) is 0.843. The van der Waals surface area contributed by atoms with Crippen molar-refractivity contribution in [1.29, 1.82) is 0 Å². The minimum atomic E-state index is -1.24. The maximum atomic E-state index is 12.1. The molecule has 22 heavy (non-hydrogen) atoms. The second-order valence-corrected chi connectivity index (χ2v) is 6.40. The van der Waals surface area contributed by atoms with Crippen LogP contribution in [0.2, 0.25) is 5.02 Å². The Bertz CT molecular complexity index is 528. The predicted octanol–water partition coefficient (Wildman–Crippen LogP) is 2.52. The summed E-state index contributed by atoms with van der Waals surface area (Å²) in [5.41, 5.74) is -0.678. The van der Waals surface area contributed by atoms with Gasteiger partial charge in [-0.2, -0.15) is 0 Å². The van der Waals surface area contributed by atoms with E-state index in [-0.39, 0.29) is 5.91 Å². The Morgan fingerprint density at radius 1 is 1.41 bits per heavy atom. The van der Waals surface area contributed by atoms with Crippen molar-refractivity contribution in [3.8, 4) is 5.75 Å². The van der Waals surface area contributed by atoms with Gasteiger partial charge >= 0.3 is 0 Å². The van der Waals surface area contributed by atoms with Crippen molar-refractivity contribution < 1.29 is 14.6 Å². The van der Waals surface area contributed by atoms with E-state index >= 15 is 0 Å². The fourth-order valence-corrected chi connectivity index (χ4v) is 2.70. The molecule has 6 heteroatoms. The van der Waals surface area contributed by atoms with Gasteiger partial charge in [-0.25, -0.2) is 0 Å². The Morgan fingerprint density at radius 2 is 2.09 bits per heavy atom. The highest BCUT2D eigenvalue weighted by atomic mass is 35.5. The number of likely N-dealkylation sites (N-methyl/N-ethyl adjacent to an activating group) is 1. The van der Waals surface area contributed by atoms with E-state index in [4.69, 9.17) is 16.3 Å². The highest BCUT2D eigenvalue weighted by Crippen LogP contribution is 2.32. The summed E-state index contributed by atoms with van der Waals surface area (Å²) in [6, 6.07) is 5.10. The maximum absolute atomic E-state index is 12.1. The van der Waals surface area contributed by atoms with Gasteiger partial charge in [0.2, 0.25) is 0 Å². The molecule has 1 amide bonds. The number of hydrogen-bond donors (Lipinski definition) is 2. The predicted molar refractivity (Wildman–Crippen MR) is 87.5 cm³/mol. The first-order valence-corrected chi connectivity index (χ1v) is 7.89. The molecule has 1 saturated carbocycles. The van der Waals surface area contributed by atoms with Gasteiger partial charge in [0.25, 0.3) is 5.91 Å². The van der Waals surface area contributed by atoms with Gasteiger partial charge in [0.1, 0.15) is 18.0 Å². The lowest BCUT2D eigenvalue weighted by molar-refractivity contribution is -0.133. The summed E-state index contributed by atoms with van der Waals surface area (Å²) in [4.78, 5) is 14.2. The van der Waals surface area contributed by atoms with Gasteiger partial charge in [0, 0.05) is 12.2 Å². The Balaban J connectivity index is 1.95. The monoisotopic (exact) mass is 326 g/mol. The van der Waals surface area contributed by atoms with E-state index < -0.39 is 5.60 Å². The van der Waals surface area contributed by atoms with Gasteiger partial charge in [-0.3, -0.25) is 4.79 Å². The van der Waals surface area contributed by atoms with Crippen LogP contribution in [-0.4, -0.2) is 48.8 Å². The third-order valence-electron chi connectivity index (χ3n) is 3.84. The number of ether oxygens (including phenoxy) is 1. The number of anilines is 1. The fraction of sp³-hybridized carbons (Fsp3) is 0.562. The largest absolute Gasteiger partial charge is 0.491 e. The first-order valence-electron chi connectivity index (χ1n) is 7.52. The van der Waals surface area contributed by atoms with Crippen LogP contribution in [0.4, 0.5) is 5.69 Å². The average Bonchev–Trinajstić information content (AvgIpc) is 2.89. The lowest BCUT2D eigenvalue weighted by atomic mass is 10.0. The van der Waals surface area contributed by atoms with Crippen LogP contribution in [0.5, 0.6) is 5.75 Å². The summed E-state index contributed by atoms with van der Waals surface area (Å²) >= 11 is 6.17. The van der Waals surface area contributed by atoms with Gasteiger partial charge in [-0.15, -0.1) is 0 Å². The molecule has 0 bridgehead atoms. The number of hydrogen-bond acceptors (Lipinski definition) is 4. The summed E-state index contributed by atoms with van der Waals surface area (Å²) in [5.74, 6) is 0.225. The minimum absolute atomic E-state index is 0.359. The molecule has 0 heterocycles. The molecule has 5 nitrogen and oxygen atoms in total. The van der Waals surface area contributed by atoms with Crippen molar-refractivity contribution in [2.24, 2.45) is 0 Å². The standard InChI is InChI=1S/C16H23ClN2O3/c1-19(2)9-10-22-14-6-5-12(11-13(14)17)18-15(20)16(21)7-3-4-8-16/h5-6,11,21H,3-4,7-10H2,1-2H3,(H,18,20). The molecule has 1 fully saturated rings. The maximum Gasteiger partial charge on any atom is 0.256 e. The summed E-state index contributed by atoms with van der Waals surface area (Å²) in [6.07, 6.45) is 2.78. The van der Waals surface area contributed by atoms with Crippen LogP contribution >= 0.6 is 11.6 Å². The number of nitrogens with one attached hydrogen (secondary N) is 1. The first kappa shape index (κ1) is 17.1. The molecule has 2 rings (SSSR count). The second-order valence-electron chi connectivity index (χ2n) is 5.99.